The second-order valence-corrected chi connectivity index (χ2v) is 9.28. The van der Waals surface area contributed by atoms with Crippen LogP contribution in [0.3, 0.4) is 0 Å². The molecule has 0 N–H and O–H groups in total. The number of aromatic nitrogens is 1. The first-order chi connectivity index (χ1) is 11.1. The molecule has 0 aromatic carbocycles. The molecule has 3 aliphatic rings. The molecule has 1 aromatic rings. The van der Waals surface area contributed by atoms with Crippen LogP contribution in [0.25, 0.3) is 0 Å². The molecule has 0 radical (unpaired) electrons. The standard InChI is InChI=1S/C16H22BrN3O2S/c1-12-14(2-3-15(17)18-12)23(21)20-10-16(11-20)8-19(9-16)13-4-6-22-7-5-13/h2-3,13H,4-11H2,1H3. The predicted octanol–water partition coefficient (Wildman–Crippen LogP) is 1.97. The fourth-order valence-electron chi connectivity index (χ4n) is 3.98. The Bertz CT molecular complexity index is 583. The molecule has 1 aromatic heterocycles. The normalized spacial score (nSPS) is 26.7. The van der Waals surface area contributed by atoms with Crippen molar-refractivity contribution in [2.75, 3.05) is 39.4 Å². The van der Waals surface area contributed by atoms with Crippen molar-refractivity contribution >= 4 is 27.3 Å². The third-order valence-electron chi connectivity index (χ3n) is 5.23. The van der Waals surface area contributed by atoms with Crippen LogP contribution in [0.15, 0.2) is 21.6 Å². The number of likely N-dealkylation sites (tertiary alicyclic amines) is 1. The molecule has 5 nitrogen and oxygen atoms in total. The van der Waals surface area contributed by atoms with Crippen LogP contribution >= 0.6 is 15.9 Å². The molecule has 3 saturated heterocycles. The molecule has 7 heteroatoms. The quantitative estimate of drug-likeness (QED) is 0.574. The minimum Gasteiger partial charge on any atom is -0.593 e. The molecule has 0 saturated carbocycles. The van der Waals surface area contributed by atoms with Crippen molar-refractivity contribution in [3.05, 3.63) is 22.4 Å². The first-order valence-electron chi connectivity index (χ1n) is 8.18. The molecule has 4 rings (SSSR count). The Balaban J connectivity index is 1.31. The summed E-state index contributed by atoms with van der Waals surface area (Å²) in [5.74, 6) is 0. The third kappa shape index (κ3) is 3.07. The van der Waals surface area contributed by atoms with Gasteiger partial charge in [-0.25, -0.2) is 4.98 Å². The van der Waals surface area contributed by atoms with E-state index in [0.717, 1.165) is 67.4 Å². The van der Waals surface area contributed by atoms with Gasteiger partial charge < -0.3 is 9.29 Å². The van der Waals surface area contributed by atoms with Crippen LogP contribution < -0.4 is 0 Å². The topological polar surface area (TPSA) is 51.7 Å². The van der Waals surface area contributed by atoms with Crippen LogP contribution in [0.2, 0.25) is 0 Å². The zero-order valence-electron chi connectivity index (χ0n) is 13.3. The Morgan fingerprint density at radius 2 is 1.96 bits per heavy atom. The summed E-state index contributed by atoms with van der Waals surface area (Å²) in [4.78, 5) is 7.79. The van der Waals surface area contributed by atoms with Crippen molar-refractivity contribution in [3.8, 4) is 0 Å². The van der Waals surface area contributed by atoms with Gasteiger partial charge in [0.15, 0.2) is 4.90 Å². The monoisotopic (exact) mass is 399 g/mol. The van der Waals surface area contributed by atoms with Gasteiger partial charge in [0.25, 0.3) is 0 Å². The van der Waals surface area contributed by atoms with Crippen LogP contribution in [0, 0.1) is 12.3 Å². The lowest BCUT2D eigenvalue weighted by Gasteiger charge is -2.60. The van der Waals surface area contributed by atoms with Crippen molar-refractivity contribution in [1.82, 2.24) is 14.2 Å². The molecule has 3 fully saturated rings. The SMILES string of the molecule is Cc1nc(Br)ccc1[S+]([O-])N1CC2(CN(C3CCOCC3)C2)C1. The number of ether oxygens (including phenoxy) is 1. The van der Waals surface area contributed by atoms with E-state index in [2.05, 4.69) is 30.1 Å². The molecule has 1 spiro atoms. The zero-order chi connectivity index (χ0) is 16.0. The van der Waals surface area contributed by atoms with Gasteiger partial charge in [-0.3, -0.25) is 4.90 Å². The largest absolute Gasteiger partial charge is 0.593 e. The smallest absolute Gasteiger partial charge is 0.195 e. The molecule has 0 amide bonds. The summed E-state index contributed by atoms with van der Waals surface area (Å²) in [5.41, 5.74) is 1.22. The molecule has 0 aliphatic carbocycles. The lowest BCUT2D eigenvalue weighted by atomic mass is 9.73. The van der Waals surface area contributed by atoms with Crippen molar-refractivity contribution < 1.29 is 9.29 Å². The Morgan fingerprint density at radius 3 is 2.61 bits per heavy atom. The maximum Gasteiger partial charge on any atom is 0.195 e. The highest BCUT2D eigenvalue weighted by Gasteiger charge is 2.57. The first-order valence-corrected chi connectivity index (χ1v) is 10.1. The van der Waals surface area contributed by atoms with E-state index >= 15 is 0 Å². The molecule has 1 atom stereocenters. The van der Waals surface area contributed by atoms with E-state index in [9.17, 15) is 4.55 Å². The second-order valence-electron chi connectivity index (χ2n) is 7.01. The molecule has 1 unspecified atom stereocenters. The average molecular weight is 400 g/mol. The fraction of sp³-hybridized carbons (Fsp3) is 0.688. The van der Waals surface area contributed by atoms with Gasteiger partial charge in [0.1, 0.15) is 4.60 Å². The zero-order valence-corrected chi connectivity index (χ0v) is 15.7. The van der Waals surface area contributed by atoms with Gasteiger partial charge in [-0.1, -0.05) is 0 Å². The third-order valence-corrected chi connectivity index (χ3v) is 7.21. The molecule has 0 bridgehead atoms. The summed E-state index contributed by atoms with van der Waals surface area (Å²) < 4.78 is 21.0. The highest BCUT2D eigenvalue weighted by atomic mass is 79.9. The number of nitrogens with zero attached hydrogens (tertiary/aromatic N) is 3. The van der Waals surface area contributed by atoms with Crippen molar-refractivity contribution in [2.24, 2.45) is 5.41 Å². The van der Waals surface area contributed by atoms with Crippen molar-refractivity contribution in [3.63, 3.8) is 0 Å². The minimum atomic E-state index is -1.08. The summed E-state index contributed by atoms with van der Waals surface area (Å²) in [5, 5.41) is 0. The number of pyridine rings is 1. The van der Waals surface area contributed by atoms with Crippen LogP contribution in [0.1, 0.15) is 18.5 Å². The van der Waals surface area contributed by atoms with Crippen LogP contribution in [0.5, 0.6) is 0 Å². The maximum atomic E-state index is 12.7. The summed E-state index contributed by atoms with van der Waals surface area (Å²) in [6.07, 6.45) is 2.32. The number of halogens is 1. The van der Waals surface area contributed by atoms with Gasteiger partial charge >= 0.3 is 0 Å². The molecule has 3 aliphatic heterocycles. The van der Waals surface area contributed by atoms with Crippen LogP contribution in [0.4, 0.5) is 0 Å². The Labute approximate surface area is 148 Å². The van der Waals surface area contributed by atoms with E-state index in [1.165, 1.54) is 0 Å². The Kier molecular flexibility index (Phi) is 4.45. The average Bonchev–Trinajstić information content (AvgIpc) is 2.45. The summed E-state index contributed by atoms with van der Waals surface area (Å²) in [6, 6.07) is 4.49. The van der Waals surface area contributed by atoms with Crippen LogP contribution in [-0.2, 0) is 16.1 Å². The predicted molar refractivity (Wildman–Crippen MR) is 92.5 cm³/mol. The van der Waals surface area contributed by atoms with Gasteiger partial charge in [-0.15, -0.1) is 4.31 Å². The maximum absolute atomic E-state index is 12.7. The van der Waals surface area contributed by atoms with Crippen molar-refractivity contribution in [1.29, 1.82) is 0 Å². The highest BCUT2D eigenvalue weighted by molar-refractivity contribution is 9.10. The van der Waals surface area contributed by atoms with Crippen LogP contribution in [-0.4, -0.2) is 64.2 Å². The van der Waals surface area contributed by atoms with E-state index in [1.807, 2.05) is 19.1 Å². The molecule has 126 valence electrons. The van der Waals surface area contributed by atoms with Gasteiger partial charge in [-0.2, -0.15) is 0 Å². The van der Waals surface area contributed by atoms with Gasteiger partial charge in [-0.05, 0) is 47.8 Å². The summed E-state index contributed by atoms with van der Waals surface area (Å²) >= 11 is 2.28. The Hall–Kier alpha value is -0.180. The molecule has 4 heterocycles. The first kappa shape index (κ1) is 16.3. The van der Waals surface area contributed by atoms with E-state index in [1.54, 1.807) is 0 Å². The fourth-order valence-corrected chi connectivity index (χ4v) is 5.93. The van der Waals surface area contributed by atoms with E-state index in [0.29, 0.717) is 11.5 Å². The minimum absolute atomic E-state index is 0.380. The lowest BCUT2D eigenvalue weighted by Crippen LogP contribution is -2.74. The molecule has 23 heavy (non-hydrogen) atoms. The lowest BCUT2D eigenvalue weighted by molar-refractivity contribution is -0.116. The van der Waals surface area contributed by atoms with E-state index < -0.39 is 11.4 Å². The molecular formula is C16H22BrN3O2S. The second kappa shape index (κ2) is 6.28. The number of hydrogen-bond donors (Lipinski definition) is 0. The summed E-state index contributed by atoms with van der Waals surface area (Å²) in [7, 11) is 0. The molecular weight excluding hydrogens is 378 g/mol. The van der Waals surface area contributed by atoms with E-state index in [4.69, 9.17) is 4.74 Å². The van der Waals surface area contributed by atoms with E-state index in [-0.39, 0.29) is 0 Å². The highest BCUT2D eigenvalue weighted by Crippen LogP contribution is 2.44. The Morgan fingerprint density at radius 1 is 1.26 bits per heavy atom. The van der Waals surface area contributed by atoms with Gasteiger partial charge in [0.2, 0.25) is 0 Å². The van der Waals surface area contributed by atoms with Gasteiger partial charge in [0, 0.05) is 37.8 Å². The summed E-state index contributed by atoms with van der Waals surface area (Å²) in [6.45, 7) is 7.92. The number of aryl methyl sites for hydroxylation is 1. The van der Waals surface area contributed by atoms with Gasteiger partial charge in [0.05, 0.1) is 30.1 Å². The number of hydrogen-bond acceptors (Lipinski definition) is 5. The number of rotatable bonds is 3. The van der Waals surface area contributed by atoms with Crippen molar-refractivity contribution in [2.45, 2.75) is 30.7 Å².